The maximum absolute atomic E-state index is 13.8. The molecule has 2 aromatic heterocycles. The maximum Gasteiger partial charge on any atom is 0.410 e. The van der Waals surface area contributed by atoms with E-state index < -0.39 is 24.2 Å². The number of rotatable bonds is 5. The summed E-state index contributed by atoms with van der Waals surface area (Å²) in [6.45, 7) is 0.288. The molecule has 0 spiro atoms. The molecule has 0 radical (unpaired) electrons. The first kappa shape index (κ1) is 23.4. The monoisotopic (exact) mass is 494 g/mol. The molecule has 0 unspecified atom stereocenters. The first-order chi connectivity index (χ1) is 16.3. The molecule has 0 aliphatic carbocycles. The minimum absolute atomic E-state index is 0.0387. The minimum Gasteiger partial charge on any atom is -0.497 e. The lowest BCUT2D eigenvalue weighted by atomic mass is 9.96. The van der Waals surface area contributed by atoms with Crippen molar-refractivity contribution in [3.8, 4) is 5.75 Å². The van der Waals surface area contributed by atoms with Gasteiger partial charge in [-0.3, -0.25) is 15.6 Å². The number of alkyl halides is 3. The number of anilines is 1. The molecule has 1 aliphatic rings. The van der Waals surface area contributed by atoms with Gasteiger partial charge in [0, 0.05) is 6.42 Å². The normalized spacial score (nSPS) is 17.3. The summed E-state index contributed by atoms with van der Waals surface area (Å²) in [5, 5.41) is 9.80. The number of hydrogen-bond donors (Lipinski definition) is 4. The van der Waals surface area contributed by atoms with Crippen molar-refractivity contribution in [3.05, 3.63) is 65.7 Å². The molecule has 0 fully saturated rings. The number of hydrazine groups is 1. The van der Waals surface area contributed by atoms with E-state index in [2.05, 4.69) is 26.6 Å². The van der Waals surface area contributed by atoms with Crippen LogP contribution in [0.5, 0.6) is 5.75 Å². The van der Waals surface area contributed by atoms with E-state index in [1.54, 1.807) is 36.4 Å². The highest BCUT2D eigenvalue weighted by Crippen LogP contribution is 2.44. The van der Waals surface area contributed by atoms with Gasteiger partial charge in [-0.15, -0.1) is 0 Å². The molecule has 1 aromatic carbocycles. The number of fused-ring (bicyclic) bond motifs is 1. The van der Waals surface area contributed by atoms with Crippen LogP contribution in [0.1, 0.15) is 40.2 Å². The van der Waals surface area contributed by atoms with Crippen molar-refractivity contribution >= 4 is 29.1 Å². The average Bonchev–Trinajstić information content (AvgIpc) is 3.50. The predicted octanol–water partition coefficient (Wildman–Crippen LogP) is 3.45. The second kappa shape index (κ2) is 9.63. The van der Waals surface area contributed by atoms with Crippen LogP contribution in [0.15, 0.2) is 53.3 Å². The molecular weight excluding hydrogens is 473 g/mol. The van der Waals surface area contributed by atoms with Gasteiger partial charge in [-0.05, 0) is 42.0 Å². The van der Waals surface area contributed by atoms with Gasteiger partial charge in [-0.1, -0.05) is 12.1 Å². The predicted molar refractivity (Wildman–Crippen MR) is 120 cm³/mol. The SMILES string of the molecule is COc1ccc([C@@H]2C[C@H](C(F)(F)F)n3ncc(C(=O)NNC(=S)NCc4ccco4)c3N2)cc1. The van der Waals surface area contributed by atoms with Crippen LogP contribution in [0.4, 0.5) is 19.0 Å². The third-order valence-corrected chi connectivity index (χ3v) is 5.54. The van der Waals surface area contributed by atoms with Crippen molar-refractivity contribution in [1.82, 2.24) is 25.9 Å². The summed E-state index contributed by atoms with van der Waals surface area (Å²) in [7, 11) is 1.50. The van der Waals surface area contributed by atoms with E-state index in [4.69, 9.17) is 21.4 Å². The van der Waals surface area contributed by atoms with Crippen LogP contribution in [0.2, 0.25) is 0 Å². The number of hydrogen-bond acceptors (Lipinski definition) is 6. The average molecular weight is 494 g/mol. The third-order valence-electron chi connectivity index (χ3n) is 5.29. The molecule has 9 nitrogen and oxygen atoms in total. The van der Waals surface area contributed by atoms with Crippen molar-refractivity contribution in [2.45, 2.75) is 31.2 Å². The Hall–Kier alpha value is -3.74. The summed E-state index contributed by atoms with van der Waals surface area (Å²) >= 11 is 5.09. The van der Waals surface area contributed by atoms with E-state index in [1.165, 1.54) is 13.4 Å². The number of carbonyl (C=O) groups is 1. The Kier molecular flexibility index (Phi) is 6.63. The number of ether oxygens (including phenoxy) is 1. The van der Waals surface area contributed by atoms with E-state index in [-0.39, 0.29) is 29.5 Å². The van der Waals surface area contributed by atoms with Crippen LogP contribution in [-0.2, 0) is 6.54 Å². The topological polar surface area (TPSA) is 105 Å². The summed E-state index contributed by atoms with van der Waals surface area (Å²) < 4.78 is 52.6. The van der Waals surface area contributed by atoms with Crippen molar-refractivity contribution in [1.29, 1.82) is 0 Å². The van der Waals surface area contributed by atoms with Gasteiger partial charge >= 0.3 is 6.18 Å². The first-order valence-corrected chi connectivity index (χ1v) is 10.6. The van der Waals surface area contributed by atoms with Crippen LogP contribution in [0.25, 0.3) is 0 Å². The van der Waals surface area contributed by atoms with E-state index in [1.807, 2.05) is 0 Å². The number of nitrogens with one attached hydrogen (secondary N) is 4. The fraction of sp³-hybridized carbons (Fsp3) is 0.286. The summed E-state index contributed by atoms with van der Waals surface area (Å²) in [5.74, 6) is 0.475. The molecule has 0 saturated carbocycles. The summed E-state index contributed by atoms with van der Waals surface area (Å²) in [6.07, 6.45) is -2.24. The molecule has 34 heavy (non-hydrogen) atoms. The van der Waals surface area contributed by atoms with Crippen molar-refractivity contribution in [2.75, 3.05) is 12.4 Å². The number of carbonyl (C=O) groups excluding carboxylic acids is 1. The van der Waals surface area contributed by atoms with Gasteiger partial charge in [0.05, 0.1) is 32.2 Å². The van der Waals surface area contributed by atoms with Gasteiger partial charge in [0.1, 0.15) is 22.9 Å². The summed E-state index contributed by atoms with van der Waals surface area (Å²) in [6, 6.07) is 7.56. The molecule has 3 aromatic rings. The zero-order valence-electron chi connectivity index (χ0n) is 17.8. The van der Waals surface area contributed by atoms with Crippen LogP contribution in [0, 0.1) is 0 Å². The van der Waals surface area contributed by atoms with E-state index in [9.17, 15) is 18.0 Å². The number of benzene rings is 1. The van der Waals surface area contributed by atoms with Crippen LogP contribution >= 0.6 is 12.2 Å². The summed E-state index contributed by atoms with van der Waals surface area (Å²) in [4.78, 5) is 12.7. The molecule has 13 heteroatoms. The Balaban J connectivity index is 1.49. The second-order valence-corrected chi connectivity index (χ2v) is 7.86. The standard InChI is InChI=1S/C21H21F3N6O3S/c1-32-13-6-4-12(5-7-13)16-9-17(21(22,23)24)30-18(27-16)15(11-26-30)19(31)28-29-20(34)25-10-14-3-2-8-33-14/h2-8,11,16-17,27H,9-10H2,1H3,(H,28,31)(H2,25,29,34)/t16-,17+/m0/s1. The summed E-state index contributed by atoms with van der Waals surface area (Å²) in [5.41, 5.74) is 5.45. The zero-order chi connectivity index (χ0) is 24.3. The second-order valence-electron chi connectivity index (χ2n) is 7.46. The van der Waals surface area contributed by atoms with Gasteiger partial charge in [-0.25, -0.2) is 4.68 Å². The molecule has 0 bridgehead atoms. The molecule has 4 rings (SSSR count). The van der Waals surface area contributed by atoms with Gasteiger partial charge in [0.2, 0.25) is 0 Å². The number of methoxy groups -OCH3 is 1. The quantitative estimate of drug-likeness (QED) is 0.316. The van der Waals surface area contributed by atoms with Gasteiger partial charge in [0.15, 0.2) is 11.2 Å². The number of nitrogens with zero attached hydrogens (tertiary/aromatic N) is 2. The molecule has 3 heterocycles. The molecule has 2 atom stereocenters. The van der Waals surface area contributed by atoms with E-state index >= 15 is 0 Å². The van der Waals surface area contributed by atoms with Gasteiger partial charge < -0.3 is 19.8 Å². The zero-order valence-corrected chi connectivity index (χ0v) is 18.7. The van der Waals surface area contributed by atoms with Gasteiger partial charge in [0.25, 0.3) is 5.91 Å². The van der Waals surface area contributed by atoms with Crippen molar-refractivity contribution in [2.24, 2.45) is 0 Å². The lowest BCUT2D eigenvalue weighted by Gasteiger charge is -2.34. The Bertz CT molecular complexity index is 1150. The lowest BCUT2D eigenvalue weighted by molar-refractivity contribution is -0.173. The number of furan rings is 1. The Morgan fingerprint density at radius 2 is 2.06 bits per heavy atom. The van der Waals surface area contributed by atoms with Crippen LogP contribution in [0.3, 0.4) is 0 Å². The number of halogens is 3. The highest BCUT2D eigenvalue weighted by atomic mass is 32.1. The molecule has 180 valence electrons. The Labute approximate surface area is 197 Å². The fourth-order valence-electron chi connectivity index (χ4n) is 3.59. The third kappa shape index (κ3) is 5.09. The smallest absolute Gasteiger partial charge is 0.410 e. The fourth-order valence-corrected chi connectivity index (χ4v) is 3.71. The van der Waals surface area contributed by atoms with Gasteiger partial charge in [-0.2, -0.15) is 18.3 Å². The Morgan fingerprint density at radius 3 is 2.71 bits per heavy atom. The molecule has 4 N–H and O–H groups in total. The lowest BCUT2D eigenvalue weighted by Crippen LogP contribution is -2.46. The maximum atomic E-state index is 13.8. The van der Waals surface area contributed by atoms with E-state index in [0.717, 1.165) is 10.9 Å². The van der Waals surface area contributed by atoms with Crippen LogP contribution < -0.4 is 26.2 Å². The molecular formula is C21H21F3N6O3S. The number of amides is 1. The van der Waals surface area contributed by atoms with E-state index in [0.29, 0.717) is 17.1 Å². The van der Waals surface area contributed by atoms with Crippen LogP contribution in [-0.4, -0.2) is 34.1 Å². The first-order valence-electron chi connectivity index (χ1n) is 10.2. The highest BCUT2D eigenvalue weighted by molar-refractivity contribution is 7.80. The molecule has 1 amide bonds. The molecule has 0 saturated heterocycles. The number of aromatic nitrogens is 2. The minimum atomic E-state index is -4.56. The Morgan fingerprint density at radius 1 is 1.29 bits per heavy atom. The van der Waals surface area contributed by atoms with Crippen molar-refractivity contribution < 1.29 is 27.1 Å². The highest BCUT2D eigenvalue weighted by Gasteiger charge is 2.47. The largest absolute Gasteiger partial charge is 0.497 e. The van der Waals surface area contributed by atoms with Crippen molar-refractivity contribution in [3.63, 3.8) is 0 Å². The number of thiocarbonyl (C=S) groups is 1. The molecule has 1 aliphatic heterocycles.